The highest BCUT2D eigenvalue weighted by Crippen LogP contribution is 2.33. The third kappa shape index (κ3) is 4.87. The fourth-order valence-corrected chi connectivity index (χ4v) is 2.91. The van der Waals surface area contributed by atoms with Gasteiger partial charge >= 0.3 is 6.61 Å². The van der Waals surface area contributed by atoms with Crippen molar-refractivity contribution in [2.75, 3.05) is 18.0 Å². The van der Waals surface area contributed by atoms with Gasteiger partial charge in [-0.05, 0) is 42.0 Å². The fraction of sp³-hybridized carbons (Fsp3) is 0.647. The van der Waals surface area contributed by atoms with Crippen molar-refractivity contribution in [2.24, 2.45) is 17.8 Å². The monoisotopic (exact) mass is 299 g/mol. The smallest absolute Gasteiger partial charge is 0.387 e. The van der Waals surface area contributed by atoms with E-state index < -0.39 is 6.61 Å². The van der Waals surface area contributed by atoms with Gasteiger partial charge in [-0.2, -0.15) is 8.78 Å². The number of halogens is 2. The minimum Gasteiger partial charge on any atom is -0.435 e. The van der Waals surface area contributed by atoms with Crippen LogP contribution in [0.1, 0.15) is 34.6 Å². The van der Waals surface area contributed by atoms with E-state index in [1.165, 1.54) is 0 Å². The van der Waals surface area contributed by atoms with Gasteiger partial charge in [-0.15, -0.1) is 0 Å². The van der Waals surface area contributed by atoms with Crippen LogP contribution < -0.4 is 9.64 Å². The zero-order valence-electron chi connectivity index (χ0n) is 13.6. The maximum atomic E-state index is 12.1. The van der Waals surface area contributed by atoms with E-state index in [0.29, 0.717) is 17.8 Å². The van der Waals surface area contributed by atoms with Crippen molar-refractivity contribution in [1.29, 1.82) is 0 Å². The first-order chi connectivity index (χ1) is 9.97. The molecule has 120 valence electrons. The van der Waals surface area contributed by atoms with E-state index in [1.807, 2.05) is 26.0 Å². The molecule has 0 spiro atoms. The highest BCUT2D eigenvalue weighted by atomic mass is 19.3. The van der Waals surface area contributed by atoms with Crippen LogP contribution >= 0.6 is 0 Å². The average molecular weight is 299 g/mol. The molecule has 0 radical (unpaired) electrons. The van der Waals surface area contributed by atoms with Gasteiger partial charge in [0.1, 0.15) is 5.75 Å². The Hall–Kier alpha value is -1.32. The Morgan fingerprint density at radius 3 is 2.10 bits per heavy atom. The molecule has 2 unspecified atom stereocenters. The molecule has 1 aliphatic rings. The first kappa shape index (κ1) is 17.7. The molecule has 2 nitrogen and oxygen atoms in total. The van der Waals surface area contributed by atoms with Crippen molar-refractivity contribution in [3.8, 4) is 5.75 Å². The van der Waals surface area contributed by atoms with Gasteiger partial charge in [0.05, 0.1) is 0 Å². The Labute approximate surface area is 127 Å². The summed E-state index contributed by atoms with van der Waals surface area (Å²) < 4.78 is 28.5. The SMILES string of the molecule is CC.CC(C)C1CN(c2ccc(OC(F)F)cc2)CC1C. The van der Waals surface area contributed by atoms with Gasteiger partial charge in [0, 0.05) is 18.8 Å². The lowest BCUT2D eigenvalue weighted by molar-refractivity contribution is -0.0498. The highest BCUT2D eigenvalue weighted by Gasteiger charge is 2.31. The maximum absolute atomic E-state index is 12.1. The molecule has 2 rings (SSSR count). The number of rotatable bonds is 4. The molecule has 1 aromatic carbocycles. The topological polar surface area (TPSA) is 12.5 Å². The third-order valence-electron chi connectivity index (χ3n) is 3.95. The molecule has 0 amide bonds. The number of benzene rings is 1. The van der Waals surface area contributed by atoms with Crippen molar-refractivity contribution >= 4 is 5.69 Å². The summed E-state index contributed by atoms with van der Waals surface area (Å²) >= 11 is 0. The average Bonchev–Trinajstić information content (AvgIpc) is 2.83. The lowest BCUT2D eigenvalue weighted by atomic mass is 9.88. The van der Waals surface area contributed by atoms with E-state index in [1.54, 1.807) is 12.1 Å². The summed E-state index contributed by atoms with van der Waals surface area (Å²) in [6, 6.07) is 6.92. The minimum atomic E-state index is -2.76. The summed E-state index contributed by atoms with van der Waals surface area (Å²) in [6.45, 7) is 10.1. The highest BCUT2D eigenvalue weighted by molar-refractivity contribution is 5.50. The van der Waals surface area contributed by atoms with Gasteiger partial charge in [-0.25, -0.2) is 0 Å². The van der Waals surface area contributed by atoms with Crippen LogP contribution in [0.25, 0.3) is 0 Å². The predicted molar refractivity (Wildman–Crippen MR) is 84.1 cm³/mol. The molecule has 0 N–H and O–H groups in total. The fourth-order valence-electron chi connectivity index (χ4n) is 2.91. The molecule has 2 atom stereocenters. The minimum absolute atomic E-state index is 0.214. The second-order valence-corrected chi connectivity index (χ2v) is 5.66. The molecule has 1 saturated heterocycles. The zero-order chi connectivity index (χ0) is 16.0. The van der Waals surface area contributed by atoms with Crippen LogP contribution in [0.5, 0.6) is 5.75 Å². The van der Waals surface area contributed by atoms with E-state index in [0.717, 1.165) is 18.8 Å². The van der Waals surface area contributed by atoms with E-state index in [9.17, 15) is 8.78 Å². The summed E-state index contributed by atoms with van der Waals surface area (Å²) in [5, 5.41) is 0. The number of alkyl halides is 2. The summed E-state index contributed by atoms with van der Waals surface area (Å²) in [7, 11) is 0. The van der Waals surface area contributed by atoms with Crippen molar-refractivity contribution in [2.45, 2.75) is 41.2 Å². The molecule has 0 aromatic heterocycles. The lowest BCUT2D eigenvalue weighted by Gasteiger charge is -2.20. The van der Waals surface area contributed by atoms with Crippen LogP contribution in [-0.2, 0) is 0 Å². The van der Waals surface area contributed by atoms with Gasteiger partial charge < -0.3 is 9.64 Å². The number of anilines is 1. The van der Waals surface area contributed by atoms with Crippen molar-refractivity contribution in [3.63, 3.8) is 0 Å². The van der Waals surface area contributed by atoms with Gasteiger partial charge in [-0.1, -0.05) is 34.6 Å². The maximum Gasteiger partial charge on any atom is 0.387 e. The number of ether oxygens (including phenoxy) is 1. The Morgan fingerprint density at radius 2 is 1.67 bits per heavy atom. The van der Waals surface area contributed by atoms with Crippen LogP contribution in [0.2, 0.25) is 0 Å². The molecule has 1 aliphatic heterocycles. The molecule has 0 aliphatic carbocycles. The number of nitrogens with zero attached hydrogens (tertiary/aromatic N) is 1. The largest absolute Gasteiger partial charge is 0.435 e. The Balaban J connectivity index is 0.00000106. The molecular formula is C17H27F2NO. The number of hydrogen-bond acceptors (Lipinski definition) is 2. The third-order valence-corrected chi connectivity index (χ3v) is 3.95. The van der Waals surface area contributed by atoms with Crippen LogP contribution in [0.3, 0.4) is 0 Å². The molecular weight excluding hydrogens is 272 g/mol. The van der Waals surface area contributed by atoms with Gasteiger partial charge in [0.15, 0.2) is 0 Å². The lowest BCUT2D eigenvalue weighted by Crippen LogP contribution is -2.21. The van der Waals surface area contributed by atoms with Crippen LogP contribution in [-0.4, -0.2) is 19.7 Å². The summed E-state index contributed by atoms with van der Waals surface area (Å²) in [4.78, 5) is 2.32. The van der Waals surface area contributed by atoms with Gasteiger partial charge in [0.25, 0.3) is 0 Å². The second-order valence-electron chi connectivity index (χ2n) is 5.66. The standard InChI is InChI=1S/C15H21F2NO.C2H6/c1-10(2)14-9-18(8-11(14)3)12-4-6-13(7-5-12)19-15(16)17;1-2/h4-7,10-11,14-15H,8-9H2,1-3H3;1-2H3. The van der Waals surface area contributed by atoms with Crippen molar-refractivity contribution < 1.29 is 13.5 Å². The van der Waals surface area contributed by atoms with E-state index in [2.05, 4.69) is 30.4 Å². The Bertz CT molecular complexity index is 406. The molecule has 0 bridgehead atoms. The first-order valence-electron chi connectivity index (χ1n) is 7.77. The molecule has 21 heavy (non-hydrogen) atoms. The van der Waals surface area contributed by atoms with Crippen LogP contribution in [0.4, 0.5) is 14.5 Å². The molecule has 1 heterocycles. The van der Waals surface area contributed by atoms with Crippen LogP contribution in [0.15, 0.2) is 24.3 Å². The van der Waals surface area contributed by atoms with E-state index in [4.69, 9.17) is 0 Å². The molecule has 4 heteroatoms. The number of hydrogen-bond donors (Lipinski definition) is 0. The van der Waals surface area contributed by atoms with Gasteiger partial charge in [-0.3, -0.25) is 0 Å². The second kappa shape index (κ2) is 8.20. The van der Waals surface area contributed by atoms with Crippen molar-refractivity contribution in [3.05, 3.63) is 24.3 Å². The Morgan fingerprint density at radius 1 is 1.10 bits per heavy atom. The predicted octanol–water partition coefficient (Wildman–Crippen LogP) is 5.04. The van der Waals surface area contributed by atoms with Crippen LogP contribution in [0, 0.1) is 17.8 Å². The molecule has 1 fully saturated rings. The van der Waals surface area contributed by atoms with Crippen molar-refractivity contribution in [1.82, 2.24) is 0 Å². The van der Waals surface area contributed by atoms with E-state index in [-0.39, 0.29) is 5.75 Å². The molecule has 1 aromatic rings. The molecule has 0 saturated carbocycles. The van der Waals surface area contributed by atoms with Gasteiger partial charge in [0.2, 0.25) is 0 Å². The first-order valence-corrected chi connectivity index (χ1v) is 7.77. The zero-order valence-corrected chi connectivity index (χ0v) is 13.6. The summed E-state index contributed by atoms with van der Waals surface area (Å²) in [6.07, 6.45) is 0. The normalized spacial score (nSPS) is 21.5. The van der Waals surface area contributed by atoms with E-state index >= 15 is 0 Å². The summed E-state index contributed by atoms with van der Waals surface area (Å²) in [5.41, 5.74) is 1.08. The Kier molecular flexibility index (Phi) is 6.93. The quantitative estimate of drug-likeness (QED) is 0.772. The summed E-state index contributed by atoms with van der Waals surface area (Å²) in [5.74, 6) is 2.24.